The van der Waals surface area contributed by atoms with Crippen molar-refractivity contribution in [3.63, 3.8) is 0 Å². The minimum absolute atomic E-state index is 0.582. The summed E-state index contributed by atoms with van der Waals surface area (Å²) in [4.78, 5) is 11.3. The Balaban J connectivity index is 1.83. The van der Waals surface area contributed by atoms with Crippen molar-refractivity contribution in [3.05, 3.63) is 53.5 Å². The van der Waals surface area contributed by atoms with Gasteiger partial charge in [-0.1, -0.05) is 37.3 Å². The highest BCUT2D eigenvalue weighted by atomic mass is 16.3. The lowest BCUT2D eigenvalue weighted by molar-refractivity contribution is 0.0606. The zero-order chi connectivity index (χ0) is 15.6. The largest absolute Gasteiger partial charge is 0.383 e. The van der Waals surface area contributed by atoms with Gasteiger partial charge in [0.15, 0.2) is 0 Å². The van der Waals surface area contributed by atoms with E-state index in [-0.39, 0.29) is 0 Å². The molecule has 1 fully saturated rings. The van der Waals surface area contributed by atoms with E-state index in [1.807, 2.05) is 43.3 Å². The molecule has 1 atom stereocenters. The van der Waals surface area contributed by atoms with Crippen molar-refractivity contribution in [2.45, 2.75) is 38.7 Å². The van der Waals surface area contributed by atoms with Gasteiger partial charge in [-0.2, -0.15) is 0 Å². The van der Waals surface area contributed by atoms with E-state index in [0.29, 0.717) is 6.54 Å². The van der Waals surface area contributed by atoms with Crippen molar-refractivity contribution < 1.29 is 5.11 Å². The molecule has 1 aromatic carbocycles. The van der Waals surface area contributed by atoms with Gasteiger partial charge in [-0.25, -0.2) is 9.97 Å². The molecular formula is C18H23N3O. The monoisotopic (exact) mass is 297 g/mol. The number of rotatable bonds is 4. The van der Waals surface area contributed by atoms with Crippen LogP contribution in [0.5, 0.6) is 0 Å². The SMILES string of the molecule is CCCc1nc(C)cc(N2CC[C@](O)(c3ccccc3)C2)n1. The second-order valence-electron chi connectivity index (χ2n) is 6.10. The Hall–Kier alpha value is -1.94. The highest BCUT2D eigenvalue weighted by molar-refractivity contribution is 5.43. The Morgan fingerprint density at radius 3 is 2.73 bits per heavy atom. The molecule has 0 bridgehead atoms. The zero-order valence-electron chi connectivity index (χ0n) is 13.3. The number of aryl methyl sites for hydroxylation is 2. The molecule has 1 aromatic heterocycles. The minimum Gasteiger partial charge on any atom is -0.383 e. The van der Waals surface area contributed by atoms with E-state index in [1.165, 1.54) is 0 Å². The summed E-state index contributed by atoms with van der Waals surface area (Å²) in [5.74, 6) is 1.83. The topological polar surface area (TPSA) is 49.2 Å². The smallest absolute Gasteiger partial charge is 0.132 e. The van der Waals surface area contributed by atoms with Crippen molar-refractivity contribution >= 4 is 5.82 Å². The average molecular weight is 297 g/mol. The number of nitrogens with zero attached hydrogens (tertiary/aromatic N) is 3. The Kier molecular flexibility index (Phi) is 4.12. The lowest BCUT2D eigenvalue weighted by atomic mass is 9.93. The van der Waals surface area contributed by atoms with Crippen LogP contribution in [0.15, 0.2) is 36.4 Å². The zero-order valence-corrected chi connectivity index (χ0v) is 13.3. The molecule has 1 aliphatic heterocycles. The molecule has 0 amide bonds. The molecule has 0 unspecified atom stereocenters. The predicted molar refractivity (Wildman–Crippen MR) is 87.9 cm³/mol. The van der Waals surface area contributed by atoms with E-state index in [9.17, 15) is 5.11 Å². The summed E-state index contributed by atoms with van der Waals surface area (Å²) in [5.41, 5.74) is 1.19. The van der Waals surface area contributed by atoms with Gasteiger partial charge < -0.3 is 10.0 Å². The fourth-order valence-electron chi connectivity index (χ4n) is 3.08. The Labute approximate surface area is 131 Å². The molecule has 4 nitrogen and oxygen atoms in total. The average Bonchev–Trinajstić information content (AvgIpc) is 2.92. The highest BCUT2D eigenvalue weighted by Gasteiger charge is 2.38. The van der Waals surface area contributed by atoms with Gasteiger partial charge >= 0.3 is 0 Å². The standard InChI is InChI=1S/C18H23N3O/c1-3-7-16-19-14(2)12-17(20-16)21-11-10-18(22,13-21)15-8-5-4-6-9-15/h4-6,8-9,12,22H,3,7,10-11,13H2,1-2H3/t18-/m1/s1. The molecular weight excluding hydrogens is 274 g/mol. The number of aromatic nitrogens is 2. The third-order valence-electron chi connectivity index (χ3n) is 4.24. The Morgan fingerprint density at radius 2 is 2.00 bits per heavy atom. The van der Waals surface area contributed by atoms with Gasteiger partial charge in [0.25, 0.3) is 0 Å². The Bertz CT molecular complexity index is 644. The van der Waals surface area contributed by atoms with E-state index >= 15 is 0 Å². The van der Waals surface area contributed by atoms with E-state index in [0.717, 1.165) is 48.7 Å². The second kappa shape index (κ2) is 6.05. The first kappa shape index (κ1) is 15.0. The maximum Gasteiger partial charge on any atom is 0.132 e. The molecule has 116 valence electrons. The first-order valence-corrected chi connectivity index (χ1v) is 7.98. The van der Waals surface area contributed by atoms with Gasteiger partial charge in [-0.3, -0.25) is 0 Å². The van der Waals surface area contributed by atoms with Gasteiger partial charge in [-0.05, 0) is 25.3 Å². The van der Waals surface area contributed by atoms with Crippen molar-refractivity contribution in [1.82, 2.24) is 9.97 Å². The maximum absolute atomic E-state index is 11.0. The molecule has 2 aromatic rings. The van der Waals surface area contributed by atoms with E-state index < -0.39 is 5.60 Å². The third-order valence-corrected chi connectivity index (χ3v) is 4.24. The fourth-order valence-corrected chi connectivity index (χ4v) is 3.08. The number of aliphatic hydroxyl groups is 1. The van der Waals surface area contributed by atoms with Crippen molar-refractivity contribution in [3.8, 4) is 0 Å². The molecule has 0 spiro atoms. The van der Waals surface area contributed by atoms with Crippen LogP contribution < -0.4 is 4.90 Å². The van der Waals surface area contributed by atoms with Gasteiger partial charge in [-0.15, -0.1) is 0 Å². The summed E-state index contributed by atoms with van der Waals surface area (Å²) in [6.07, 6.45) is 2.66. The van der Waals surface area contributed by atoms with Crippen LogP contribution in [0.25, 0.3) is 0 Å². The van der Waals surface area contributed by atoms with Gasteiger partial charge in [0.2, 0.25) is 0 Å². The summed E-state index contributed by atoms with van der Waals surface area (Å²) in [6.45, 7) is 5.53. The van der Waals surface area contributed by atoms with Crippen LogP contribution in [0.4, 0.5) is 5.82 Å². The molecule has 0 saturated carbocycles. The van der Waals surface area contributed by atoms with Crippen LogP contribution in [0.1, 0.15) is 36.8 Å². The minimum atomic E-state index is -0.787. The first-order chi connectivity index (χ1) is 10.6. The van der Waals surface area contributed by atoms with Crippen molar-refractivity contribution in [1.29, 1.82) is 0 Å². The normalized spacial score (nSPS) is 21.3. The fraction of sp³-hybridized carbons (Fsp3) is 0.444. The summed E-state index contributed by atoms with van der Waals surface area (Å²) in [7, 11) is 0. The molecule has 1 saturated heterocycles. The van der Waals surface area contributed by atoms with Gasteiger partial charge in [0.05, 0.1) is 6.54 Å². The van der Waals surface area contributed by atoms with E-state index in [1.54, 1.807) is 0 Å². The lowest BCUT2D eigenvalue weighted by Gasteiger charge is -2.24. The highest BCUT2D eigenvalue weighted by Crippen LogP contribution is 2.34. The van der Waals surface area contributed by atoms with Crippen LogP contribution in [0, 0.1) is 6.92 Å². The summed E-state index contributed by atoms with van der Waals surface area (Å²) >= 11 is 0. The van der Waals surface area contributed by atoms with E-state index in [2.05, 4.69) is 21.8 Å². The third kappa shape index (κ3) is 2.97. The number of hydrogen-bond donors (Lipinski definition) is 1. The first-order valence-electron chi connectivity index (χ1n) is 7.98. The number of β-amino-alcohol motifs (C(OH)–C–C–N with tert-alkyl or cyclic N) is 1. The van der Waals surface area contributed by atoms with Gasteiger partial charge in [0, 0.05) is 24.7 Å². The van der Waals surface area contributed by atoms with Crippen LogP contribution in [-0.2, 0) is 12.0 Å². The number of anilines is 1. The molecule has 1 aliphatic rings. The number of hydrogen-bond acceptors (Lipinski definition) is 4. The summed E-state index contributed by atoms with van der Waals surface area (Å²) in [5, 5.41) is 11.0. The van der Waals surface area contributed by atoms with Crippen molar-refractivity contribution in [2.75, 3.05) is 18.0 Å². The van der Waals surface area contributed by atoms with Crippen LogP contribution in [-0.4, -0.2) is 28.2 Å². The predicted octanol–water partition coefficient (Wildman–Crippen LogP) is 2.84. The second-order valence-corrected chi connectivity index (χ2v) is 6.10. The molecule has 0 radical (unpaired) electrons. The van der Waals surface area contributed by atoms with Gasteiger partial charge in [0.1, 0.15) is 17.2 Å². The molecule has 1 N–H and O–H groups in total. The molecule has 3 rings (SSSR count). The number of benzene rings is 1. The quantitative estimate of drug-likeness (QED) is 0.943. The molecule has 22 heavy (non-hydrogen) atoms. The molecule has 2 heterocycles. The molecule has 0 aliphatic carbocycles. The maximum atomic E-state index is 11.0. The van der Waals surface area contributed by atoms with Crippen molar-refractivity contribution in [2.24, 2.45) is 0 Å². The lowest BCUT2D eigenvalue weighted by Crippen LogP contribution is -2.31. The summed E-state index contributed by atoms with van der Waals surface area (Å²) in [6, 6.07) is 11.9. The Morgan fingerprint density at radius 1 is 1.23 bits per heavy atom. The van der Waals surface area contributed by atoms with Crippen LogP contribution >= 0.6 is 0 Å². The summed E-state index contributed by atoms with van der Waals surface area (Å²) < 4.78 is 0. The van der Waals surface area contributed by atoms with E-state index in [4.69, 9.17) is 0 Å². The van der Waals surface area contributed by atoms with Crippen LogP contribution in [0.3, 0.4) is 0 Å². The molecule has 4 heteroatoms. The van der Waals surface area contributed by atoms with Crippen LogP contribution in [0.2, 0.25) is 0 Å².